The molecular weight excluding hydrogens is 433 g/mol. The number of rotatable bonds is 6. The molecule has 34 heavy (non-hydrogen) atoms. The summed E-state index contributed by atoms with van der Waals surface area (Å²) < 4.78 is 17.3. The van der Waals surface area contributed by atoms with E-state index in [9.17, 15) is 14.7 Å². The molecule has 1 aromatic heterocycles. The summed E-state index contributed by atoms with van der Waals surface area (Å²) >= 11 is 0. The molecule has 0 bridgehead atoms. The van der Waals surface area contributed by atoms with Crippen molar-refractivity contribution in [2.75, 3.05) is 7.05 Å². The second kappa shape index (κ2) is 9.05. The first-order valence-electron chi connectivity index (χ1n) is 11.9. The van der Waals surface area contributed by atoms with Crippen LogP contribution in [0.15, 0.2) is 48.7 Å². The molecule has 6 nitrogen and oxygen atoms in total. The Hall–Kier alpha value is -3.48. The van der Waals surface area contributed by atoms with Crippen molar-refractivity contribution in [3.63, 3.8) is 0 Å². The van der Waals surface area contributed by atoms with Crippen LogP contribution in [0.2, 0.25) is 0 Å². The molecule has 2 fully saturated rings. The highest BCUT2D eigenvalue weighted by molar-refractivity contribution is 5.96. The molecule has 1 N–H and O–H groups in total. The van der Waals surface area contributed by atoms with Gasteiger partial charge in [-0.15, -0.1) is 0 Å². The van der Waals surface area contributed by atoms with Crippen LogP contribution in [-0.4, -0.2) is 44.8 Å². The maximum atomic E-state index is 15.7. The van der Waals surface area contributed by atoms with E-state index in [0.717, 1.165) is 38.5 Å². The van der Waals surface area contributed by atoms with Gasteiger partial charge in [0.1, 0.15) is 11.4 Å². The number of carbonyl (C=O) groups excluding carboxylic acids is 1. The van der Waals surface area contributed by atoms with Gasteiger partial charge in [-0.1, -0.05) is 43.5 Å². The largest absolute Gasteiger partial charge is 0.478 e. The summed E-state index contributed by atoms with van der Waals surface area (Å²) in [7, 11) is 1.77. The van der Waals surface area contributed by atoms with Crippen molar-refractivity contribution >= 4 is 11.9 Å². The molecule has 2 saturated carbocycles. The summed E-state index contributed by atoms with van der Waals surface area (Å²) in [4.78, 5) is 26.5. The monoisotopic (exact) mass is 461 g/mol. The average molecular weight is 462 g/mol. The molecule has 176 valence electrons. The summed E-state index contributed by atoms with van der Waals surface area (Å²) in [5.41, 5.74) is 2.58. The molecule has 2 aliphatic rings. The lowest BCUT2D eigenvalue weighted by molar-refractivity contribution is 0.0684. The SMILES string of the molecule is CN(C(=O)c1cccc(-c2cccc(-n3ncc(C(=O)O)c3C3CC3)c2)c1F)C1CCCCC1. The van der Waals surface area contributed by atoms with Crippen molar-refractivity contribution in [3.05, 3.63) is 71.3 Å². The van der Waals surface area contributed by atoms with Gasteiger partial charge in [0.2, 0.25) is 0 Å². The number of aromatic carboxylic acids is 1. The van der Waals surface area contributed by atoms with Crippen molar-refractivity contribution in [3.8, 4) is 16.8 Å². The third kappa shape index (κ3) is 4.11. The Bertz CT molecular complexity index is 1240. The third-order valence-electron chi connectivity index (χ3n) is 7.07. The lowest BCUT2D eigenvalue weighted by atomic mass is 9.93. The summed E-state index contributed by atoms with van der Waals surface area (Å²) in [5, 5.41) is 13.9. The summed E-state index contributed by atoms with van der Waals surface area (Å²) in [5.74, 6) is -1.66. The third-order valence-corrected chi connectivity index (χ3v) is 7.07. The Morgan fingerprint density at radius 3 is 2.47 bits per heavy atom. The van der Waals surface area contributed by atoms with Crippen LogP contribution in [0, 0.1) is 5.82 Å². The lowest BCUT2D eigenvalue weighted by Gasteiger charge is -2.31. The van der Waals surface area contributed by atoms with E-state index in [1.54, 1.807) is 53.0 Å². The van der Waals surface area contributed by atoms with Crippen LogP contribution in [0.3, 0.4) is 0 Å². The fraction of sp³-hybridized carbons (Fsp3) is 0.370. The van der Waals surface area contributed by atoms with E-state index in [1.165, 1.54) is 12.6 Å². The maximum absolute atomic E-state index is 15.7. The van der Waals surface area contributed by atoms with Crippen molar-refractivity contribution in [2.45, 2.75) is 56.9 Å². The van der Waals surface area contributed by atoms with Crippen molar-refractivity contribution < 1.29 is 19.1 Å². The second-order valence-electron chi connectivity index (χ2n) is 9.36. The smallest absolute Gasteiger partial charge is 0.339 e. The number of carbonyl (C=O) groups is 2. The Morgan fingerprint density at radius 2 is 1.76 bits per heavy atom. The zero-order chi connectivity index (χ0) is 23.8. The van der Waals surface area contributed by atoms with E-state index in [1.807, 2.05) is 6.07 Å². The van der Waals surface area contributed by atoms with Gasteiger partial charge >= 0.3 is 5.97 Å². The van der Waals surface area contributed by atoms with E-state index in [2.05, 4.69) is 5.10 Å². The molecular formula is C27H28FN3O3. The van der Waals surface area contributed by atoms with Gasteiger partial charge in [0.15, 0.2) is 0 Å². The Morgan fingerprint density at radius 1 is 1.03 bits per heavy atom. The van der Waals surface area contributed by atoms with E-state index < -0.39 is 11.8 Å². The van der Waals surface area contributed by atoms with Crippen LogP contribution >= 0.6 is 0 Å². The van der Waals surface area contributed by atoms with Crippen LogP contribution < -0.4 is 0 Å². The molecule has 1 amide bonds. The minimum Gasteiger partial charge on any atom is -0.478 e. The number of hydrogen-bond donors (Lipinski definition) is 1. The van der Waals surface area contributed by atoms with Gasteiger partial charge in [0.05, 0.1) is 23.1 Å². The Labute approximate surface area is 198 Å². The average Bonchev–Trinajstić information content (AvgIpc) is 3.60. The van der Waals surface area contributed by atoms with Crippen LogP contribution in [0.25, 0.3) is 16.8 Å². The number of amides is 1. The zero-order valence-corrected chi connectivity index (χ0v) is 19.2. The van der Waals surface area contributed by atoms with Crippen molar-refractivity contribution in [2.24, 2.45) is 0 Å². The van der Waals surface area contributed by atoms with Gasteiger partial charge in [-0.25, -0.2) is 13.9 Å². The van der Waals surface area contributed by atoms with Crippen LogP contribution in [0.4, 0.5) is 4.39 Å². The van der Waals surface area contributed by atoms with Gasteiger partial charge < -0.3 is 10.0 Å². The minimum atomic E-state index is -0.997. The molecule has 0 atom stereocenters. The van der Waals surface area contributed by atoms with E-state index in [0.29, 0.717) is 22.5 Å². The van der Waals surface area contributed by atoms with Crippen LogP contribution in [-0.2, 0) is 0 Å². The standard InChI is InChI=1S/C27H28FN3O3/c1-30(19-8-3-2-4-9-19)26(32)22-12-6-11-21(24(22)28)18-7-5-10-20(15-18)31-25(17-13-14-17)23(16-29-31)27(33)34/h5-7,10-12,15-17,19H,2-4,8-9,13-14H2,1H3,(H,33,34). The first kappa shape index (κ1) is 22.3. The molecule has 1 heterocycles. The topological polar surface area (TPSA) is 75.4 Å². The fourth-order valence-corrected chi connectivity index (χ4v) is 5.03. The first-order chi connectivity index (χ1) is 16.5. The number of nitrogens with zero attached hydrogens (tertiary/aromatic N) is 3. The Balaban J connectivity index is 1.49. The molecule has 0 aliphatic heterocycles. The molecule has 0 unspecified atom stereocenters. The predicted molar refractivity (Wildman–Crippen MR) is 127 cm³/mol. The first-order valence-corrected chi connectivity index (χ1v) is 11.9. The second-order valence-corrected chi connectivity index (χ2v) is 9.36. The summed E-state index contributed by atoms with van der Waals surface area (Å²) in [6.07, 6.45) is 8.52. The van der Waals surface area contributed by atoms with Crippen LogP contribution in [0.5, 0.6) is 0 Å². The van der Waals surface area contributed by atoms with Gasteiger partial charge in [0, 0.05) is 24.6 Å². The molecule has 2 aromatic carbocycles. The van der Waals surface area contributed by atoms with Gasteiger partial charge in [0.25, 0.3) is 5.91 Å². The summed E-state index contributed by atoms with van der Waals surface area (Å²) in [6, 6.07) is 12.3. The predicted octanol–water partition coefficient (Wildman–Crippen LogP) is 5.66. The molecule has 3 aromatic rings. The number of hydrogen-bond acceptors (Lipinski definition) is 3. The van der Waals surface area contributed by atoms with E-state index >= 15 is 4.39 Å². The minimum absolute atomic E-state index is 0.0712. The normalized spacial score (nSPS) is 16.4. The van der Waals surface area contributed by atoms with Crippen molar-refractivity contribution in [1.82, 2.24) is 14.7 Å². The molecule has 2 aliphatic carbocycles. The van der Waals surface area contributed by atoms with Gasteiger partial charge in [-0.05, 0) is 49.4 Å². The number of halogens is 1. The number of carboxylic acids is 1. The Kier molecular flexibility index (Phi) is 5.94. The van der Waals surface area contributed by atoms with Gasteiger partial charge in [-0.2, -0.15) is 5.10 Å². The zero-order valence-electron chi connectivity index (χ0n) is 19.2. The maximum Gasteiger partial charge on any atom is 0.339 e. The number of aromatic nitrogens is 2. The van der Waals surface area contributed by atoms with Crippen molar-refractivity contribution in [1.29, 1.82) is 0 Å². The van der Waals surface area contributed by atoms with E-state index in [4.69, 9.17) is 0 Å². The fourth-order valence-electron chi connectivity index (χ4n) is 5.03. The highest BCUT2D eigenvalue weighted by Gasteiger charge is 2.33. The van der Waals surface area contributed by atoms with E-state index in [-0.39, 0.29) is 29.0 Å². The highest BCUT2D eigenvalue weighted by atomic mass is 19.1. The highest BCUT2D eigenvalue weighted by Crippen LogP contribution is 2.42. The molecule has 7 heteroatoms. The molecule has 0 radical (unpaired) electrons. The number of benzene rings is 2. The molecule has 5 rings (SSSR count). The number of carboxylic acid groups (broad SMARTS) is 1. The van der Waals surface area contributed by atoms with Gasteiger partial charge in [-0.3, -0.25) is 4.79 Å². The molecule has 0 spiro atoms. The van der Waals surface area contributed by atoms with Crippen LogP contribution in [0.1, 0.15) is 77.3 Å². The quantitative estimate of drug-likeness (QED) is 0.514. The lowest BCUT2D eigenvalue weighted by Crippen LogP contribution is -2.38. The molecule has 0 saturated heterocycles. The summed E-state index contributed by atoms with van der Waals surface area (Å²) in [6.45, 7) is 0.